The largest absolute Gasteiger partial charge is 0.494 e. The van der Waals surface area contributed by atoms with Gasteiger partial charge in [0.15, 0.2) is 0 Å². The van der Waals surface area contributed by atoms with E-state index in [1.807, 2.05) is 18.3 Å². The fourth-order valence-corrected chi connectivity index (χ4v) is 6.57. The van der Waals surface area contributed by atoms with E-state index >= 15 is 0 Å². The van der Waals surface area contributed by atoms with Crippen LogP contribution in [0.3, 0.4) is 0 Å². The number of likely N-dealkylation sites (tertiary alicyclic amines) is 1. The number of thiophene rings is 1. The number of hydrogen-bond donors (Lipinski definition) is 1. The Kier molecular flexibility index (Phi) is 5.26. The van der Waals surface area contributed by atoms with Crippen molar-refractivity contribution in [2.75, 3.05) is 39.6 Å². The normalized spacial score (nSPS) is 20.9. The van der Waals surface area contributed by atoms with E-state index in [-0.39, 0.29) is 5.92 Å². The maximum atomic E-state index is 13.3. The average molecular weight is 477 g/mol. The van der Waals surface area contributed by atoms with E-state index in [4.69, 9.17) is 4.74 Å². The fourth-order valence-electron chi connectivity index (χ4n) is 5.31. The summed E-state index contributed by atoms with van der Waals surface area (Å²) < 4.78 is 5.58. The van der Waals surface area contributed by atoms with Gasteiger partial charge in [0.05, 0.1) is 23.5 Å². The summed E-state index contributed by atoms with van der Waals surface area (Å²) >= 11 is 1.70. The van der Waals surface area contributed by atoms with Crippen LogP contribution in [0, 0.1) is 5.92 Å². The SMILES string of the molecule is COc1cc2c(cc1Nc1ncnc3sc4c(c13)CCC(C(=O)N1CCC(N(C)C)C1)C4)=CN=2. The number of hydrogen-bond acceptors (Lipinski definition) is 8. The minimum absolute atomic E-state index is 0.0539. The number of anilines is 2. The number of methoxy groups -OCH3 is 1. The maximum Gasteiger partial charge on any atom is 0.226 e. The van der Waals surface area contributed by atoms with E-state index < -0.39 is 0 Å². The van der Waals surface area contributed by atoms with Crippen molar-refractivity contribution in [3.63, 3.8) is 0 Å². The first-order valence-electron chi connectivity index (χ1n) is 11.8. The number of benzene rings is 1. The van der Waals surface area contributed by atoms with Gasteiger partial charge in [0, 0.05) is 47.4 Å². The van der Waals surface area contributed by atoms with E-state index in [2.05, 4.69) is 44.2 Å². The summed E-state index contributed by atoms with van der Waals surface area (Å²) in [5, 5.41) is 6.58. The molecule has 1 N–H and O–H groups in total. The standard InChI is InChI=1S/C25H28N6O2S/c1-30(2)16-6-7-31(12-16)25(32)14-4-5-17-21(9-14)34-24-22(17)23(27-13-28-24)29-19-8-15-11-26-18(15)10-20(19)33-3/h8,10-11,13-14,16H,4-7,9,12H2,1-3H3,(H,27,28,29). The molecule has 2 aliphatic heterocycles. The van der Waals surface area contributed by atoms with E-state index in [0.717, 1.165) is 76.8 Å². The highest BCUT2D eigenvalue weighted by atomic mass is 32.1. The summed E-state index contributed by atoms with van der Waals surface area (Å²) in [6.45, 7) is 1.71. The molecule has 0 spiro atoms. The number of aromatic nitrogens is 2. The third-order valence-electron chi connectivity index (χ3n) is 7.34. The van der Waals surface area contributed by atoms with Gasteiger partial charge in [-0.3, -0.25) is 9.79 Å². The summed E-state index contributed by atoms with van der Waals surface area (Å²) in [4.78, 5) is 33.2. The molecule has 0 radical (unpaired) electrons. The molecule has 0 saturated carbocycles. The molecule has 9 heteroatoms. The number of amides is 1. The number of aryl methyl sites for hydroxylation is 1. The summed E-state index contributed by atoms with van der Waals surface area (Å²) in [7, 11) is 5.86. The molecule has 2 aromatic heterocycles. The van der Waals surface area contributed by atoms with Crippen LogP contribution in [0.2, 0.25) is 0 Å². The number of carbonyl (C=O) groups excluding carboxylic acids is 1. The van der Waals surface area contributed by atoms with E-state index in [1.54, 1.807) is 24.8 Å². The number of nitrogens with one attached hydrogen (secondary N) is 1. The number of carbonyl (C=O) groups is 1. The van der Waals surface area contributed by atoms with Gasteiger partial charge in [0.1, 0.15) is 22.7 Å². The Hall–Kier alpha value is -3.04. The van der Waals surface area contributed by atoms with Gasteiger partial charge in [-0.1, -0.05) is 0 Å². The summed E-state index contributed by atoms with van der Waals surface area (Å²) in [5.74, 6) is 1.89. The van der Waals surface area contributed by atoms with Crippen LogP contribution in [0.15, 0.2) is 23.5 Å². The van der Waals surface area contributed by atoms with Crippen molar-refractivity contribution in [3.05, 3.63) is 39.5 Å². The highest BCUT2D eigenvalue weighted by Crippen LogP contribution is 2.41. The Balaban J connectivity index is 1.28. The van der Waals surface area contributed by atoms with Gasteiger partial charge < -0.3 is 19.9 Å². The molecule has 1 fully saturated rings. The first-order valence-corrected chi connectivity index (χ1v) is 12.6. The van der Waals surface area contributed by atoms with Gasteiger partial charge in [-0.25, -0.2) is 9.97 Å². The van der Waals surface area contributed by atoms with Crippen molar-refractivity contribution in [2.24, 2.45) is 10.9 Å². The van der Waals surface area contributed by atoms with Crippen LogP contribution in [-0.2, 0) is 17.6 Å². The predicted molar refractivity (Wildman–Crippen MR) is 133 cm³/mol. The summed E-state index contributed by atoms with van der Waals surface area (Å²) in [6, 6.07) is 4.45. The minimum atomic E-state index is 0.0539. The second kappa shape index (κ2) is 8.32. The number of nitrogens with zero attached hydrogens (tertiary/aromatic N) is 5. The highest BCUT2D eigenvalue weighted by molar-refractivity contribution is 7.19. The zero-order valence-electron chi connectivity index (χ0n) is 19.7. The molecule has 1 amide bonds. The van der Waals surface area contributed by atoms with Crippen LogP contribution in [0.25, 0.3) is 16.4 Å². The first kappa shape index (κ1) is 21.5. The van der Waals surface area contributed by atoms with E-state index in [1.165, 1.54) is 10.4 Å². The van der Waals surface area contributed by atoms with Crippen LogP contribution < -0.4 is 20.6 Å². The topological polar surface area (TPSA) is 82.9 Å². The van der Waals surface area contributed by atoms with Crippen LogP contribution in [0.1, 0.15) is 23.3 Å². The molecule has 6 rings (SSSR count). The monoisotopic (exact) mass is 476 g/mol. The van der Waals surface area contributed by atoms with Gasteiger partial charge in [-0.2, -0.15) is 0 Å². The lowest BCUT2D eigenvalue weighted by atomic mass is 9.87. The molecular formula is C25H28N6O2S. The first-order chi connectivity index (χ1) is 16.5. The van der Waals surface area contributed by atoms with Crippen molar-refractivity contribution in [3.8, 4) is 5.75 Å². The lowest BCUT2D eigenvalue weighted by Crippen LogP contribution is -2.39. The fraction of sp³-hybridized carbons (Fsp3) is 0.440. The molecule has 4 heterocycles. The molecule has 1 saturated heterocycles. The van der Waals surface area contributed by atoms with Crippen molar-refractivity contribution in [1.82, 2.24) is 19.8 Å². The summed E-state index contributed by atoms with van der Waals surface area (Å²) in [6.07, 6.45) is 7.04. The maximum absolute atomic E-state index is 13.3. The van der Waals surface area contributed by atoms with Crippen molar-refractivity contribution < 1.29 is 9.53 Å². The number of ether oxygens (including phenoxy) is 1. The lowest BCUT2D eigenvalue weighted by Gasteiger charge is -2.27. The highest BCUT2D eigenvalue weighted by Gasteiger charge is 2.35. The van der Waals surface area contributed by atoms with Gasteiger partial charge in [-0.05, 0) is 51.4 Å². The number of fused-ring (bicyclic) bond motifs is 4. The van der Waals surface area contributed by atoms with E-state index in [0.29, 0.717) is 11.9 Å². The molecule has 1 aliphatic carbocycles. The van der Waals surface area contributed by atoms with Crippen molar-refractivity contribution in [1.29, 1.82) is 0 Å². The quantitative estimate of drug-likeness (QED) is 0.607. The Labute approximate surface area is 202 Å². The van der Waals surface area contributed by atoms with Gasteiger partial charge >= 0.3 is 0 Å². The number of likely N-dealkylation sites (N-methyl/N-ethyl adjacent to an activating group) is 1. The molecule has 2 atom stereocenters. The van der Waals surface area contributed by atoms with Crippen molar-refractivity contribution in [2.45, 2.75) is 31.7 Å². The minimum Gasteiger partial charge on any atom is -0.494 e. The lowest BCUT2D eigenvalue weighted by molar-refractivity contribution is -0.134. The third kappa shape index (κ3) is 3.54. The second-order valence-electron chi connectivity index (χ2n) is 9.53. The second-order valence-corrected chi connectivity index (χ2v) is 10.6. The molecule has 34 heavy (non-hydrogen) atoms. The Morgan fingerprint density at radius 2 is 2.15 bits per heavy atom. The van der Waals surface area contributed by atoms with Gasteiger partial charge in [0.2, 0.25) is 5.91 Å². The molecule has 176 valence electrons. The Morgan fingerprint density at radius 1 is 1.26 bits per heavy atom. The number of rotatable bonds is 5. The predicted octanol–water partition coefficient (Wildman–Crippen LogP) is 2.08. The van der Waals surface area contributed by atoms with Crippen LogP contribution in [0.5, 0.6) is 5.75 Å². The smallest absolute Gasteiger partial charge is 0.226 e. The summed E-state index contributed by atoms with van der Waals surface area (Å²) in [5.41, 5.74) is 2.14. The van der Waals surface area contributed by atoms with Crippen LogP contribution in [-0.4, -0.2) is 66.0 Å². The molecule has 3 aromatic rings. The Bertz CT molecular complexity index is 1420. The molecule has 8 nitrogen and oxygen atoms in total. The van der Waals surface area contributed by atoms with Gasteiger partial charge in [0.25, 0.3) is 0 Å². The van der Waals surface area contributed by atoms with Crippen LogP contribution in [0.4, 0.5) is 11.5 Å². The van der Waals surface area contributed by atoms with E-state index in [9.17, 15) is 4.79 Å². The molecule has 1 aromatic carbocycles. The molecule has 0 bridgehead atoms. The van der Waals surface area contributed by atoms with Gasteiger partial charge in [-0.15, -0.1) is 11.3 Å². The Morgan fingerprint density at radius 3 is 2.88 bits per heavy atom. The average Bonchev–Trinajstić information content (AvgIpc) is 3.46. The molecule has 2 unspecified atom stereocenters. The molecule has 3 aliphatic rings. The zero-order chi connectivity index (χ0) is 23.4. The molecular weight excluding hydrogens is 448 g/mol. The van der Waals surface area contributed by atoms with Crippen LogP contribution >= 0.6 is 11.3 Å². The third-order valence-corrected chi connectivity index (χ3v) is 8.51. The zero-order valence-corrected chi connectivity index (χ0v) is 20.5. The van der Waals surface area contributed by atoms with Crippen molar-refractivity contribution >= 4 is 45.2 Å².